The zero-order valence-electron chi connectivity index (χ0n) is 18.0. The predicted octanol–water partition coefficient (Wildman–Crippen LogP) is 4.57. The molecule has 0 bridgehead atoms. The van der Waals surface area contributed by atoms with E-state index in [4.69, 9.17) is 32.7 Å². The molecular formula is C21H24Cl2FNO6S. The van der Waals surface area contributed by atoms with Crippen molar-refractivity contribution in [3.8, 4) is 0 Å². The summed E-state index contributed by atoms with van der Waals surface area (Å²) in [6.07, 6.45) is 1.06. The molecule has 0 aromatic carbocycles. The van der Waals surface area contributed by atoms with Gasteiger partial charge in [-0.2, -0.15) is 4.39 Å². The first kappa shape index (κ1) is 26.3. The van der Waals surface area contributed by atoms with Gasteiger partial charge in [-0.05, 0) is 46.5 Å². The minimum atomic E-state index is -0.927. The van der Waals surface area contributed by atoms with E-state index in [1.807, 2.05) is 0 Å². The Balaban J connectivity index is 2.53. The van der Waals surface area contributed by atoms with Crippen molar-refractivity contribution < 1.29 is 33.0 Å². The molecule has 0 fully saturated rings. The molecule has 0 N–H and O–H groups in total. The van der Waals surface area contributed by atoms with Crippen LogP contribution in [0.2, 0.25) is 5.02 Å². The topological polar surface area (TPSA) is 90.0 Å². The number of esters is 2. The average Bonchev–Trinajstić information content (AvgIpc) is 3.00. The van der Waals surface area contributed by atoms with E-state index in [0.717, 1.165) is 0 Å². The highest BCUT2D eigenvalue weighted by molar-refractivity contribution is 7.11. The third kappa shape index (κ3) is 6.08. The van der Waals surface area contributed by atoms with Crippen LogP contribution in [0.15, 0.2) is 11.1 Å². The van der Waals surface area contributed by atoms with Gasteiger partial charge in [0, 0.05) is 16.0 Å². The molecule has 1 aliphatic carbocycles. The number of imide groups is 1. The van der Waals surface area contributed by atoms with Crippen molar-refractivity contribution in [3.05, 3.63) is 26.2 Å². The van der Waals surface area contributed by atoms with E-state index in [2.05, 4.69) is 0 Å². The largest absolute Gasteiger partial charge is 0.466 e. The molecule has 0 radical (unpaired) electrons. The fraction of sp³-hybridized carbons (Fsp3) is 0.524. The second-order valence-electron chi connectivity index (χ2n) is 7.23. The number of halogens is 3. The number of hydrogen-bond acceptors (Lipinski definition) is 7. The van der Waals surface area contributed by atoms with E-state index < -0.39 is 46.6 Å². The standard InChI is InChI=1S/C21H24Cl2FNO6S/c1-4-30-16(27)9-14-17(23)18(19(24)32-14)25(15(26)10-22)20(28)12-7-5-6-8-13(12)21(29)31-11(2)3/h11H,4-10H2,1-3H3. The molecule has 2 rings (SSSR count). The van der Waals surface area contributed by atoms with E-state index in [1.165, 1.54) is 0 Å². The summed E-state index contributed by atoms with van der Waals surface area (Å²) >= 11 is 12.5. The second kappa shape index (κ2) is 11.8. The third-order valence-corrected chi connectivity index (χ3v) is 6.28. The predicted molar refractivity (Wildman–Crippen MR) is 120 cm³/mol. The number of hydrogen-bond donors (Lipinski definition) is 0. The van der Waals surface area contributed by atoms with Gasteiger partial charge in [-0.3, -0.25) is 14.4 Å². The van der Waals surface area contributed by atoms with Crippen molar-refractivity contribution in [2.45, 2.75) is 59.0 Å². The monoisotopic (exact) mass is 507 g/mol. The van der Waals surface area contributed by atoms with E-state index in [-0.39, 0.29) is 40.5 Å². The smallest absolute Gasteiger partial charge is 0.334 e. The summed E-state index contributed by atoms with van der Waals surface area (Å²) in [6.45, 7) is 5.12. The van der Waals surface area contributed by atoms with Crippen molar-refractivity contribution in [2.75, 3.05) is 17.4 Å². The van der Waals surface area contributed by atoms with Gasteiger partial charge >= 0.3 is 11.9 Å². The van der Waals surface area contributed by atoms with Crippen LogP contribution in [0.25, 0.3) is 0 Å². The van der Waals surface area contributed by atoms with Crippen molar-refractivity contribution in [2.24, 2.45) is 0 Å². The lowest BCUT2D eigenvalue weighted by Crippen LogP contribution is -2.40. The number of amides is 2. The quantitative estimate of drug-likeness (QED) is 0.378. The Hall–Kier alpha value is -1.97. The molecule has 176 valence electrons. The Labute approximate surface area is 199 Å². The van der Waals surface area contributed by atoms with Crippen LogP contribution in [0.3, 0.4) is 0 Å². The van der Waals surface area contributed by atoms with Gasteiger partial charge in [-0.15, -0.1) is 22.9 Å². The maximum atomic E-state index is 14.9. The van der Waals surface area contributed by atoms with Crippen molar-refractivity contribution in [1.29, 1.82) is 0 Å². The van der Waals surface area contributed by atoms with Gasteiger partial charge < -0.3 is 9.47 Å². The maximum Gasteiger partial charge on any atom is 0.334 e. The highest BCUT2D eigenvalue weighted by Gasteiger charge is 2.36. The normalized spacial score (nSPS) is 13.8. The first-order valence-corrected chi connectivity index (χ1v) is 11.8. The maximum absolute atomic E-state index is 14.9. The summed E-state index contributed by atoms with van der Waals surface area (Å²) in [5, 5.41) is -1.18. The molecule has 0 unspecified atom stereocenters. The molecule has 2 amide bonds. The fourth-order valence-electron chi connectivity index (χ4n) is 3.25. The number of carbonyl (C=O) groups is 4. The van der Waals surface area contributed by atoms with Gasteiger partial charge in [0.15, 0.2) is 0 Å². The number of alkyl halides is 1. The molecule has 32 heavy (non-hydrogen) atoms. The first-order valence-electron chi connectivity index (χ1n) is 10.1. The molecule has 0 aliphatic heterocycles. The third-order valence-electron chi connectivity index (χ3n) is 4.57. The fourth-order valence-corrected chi connectivity index (χ4v) is 4.66. The van der Waals surface area contributed by atoms with Crippen molar-refractivity contribution >= 4 is 64.0 Å². The summed E-state index contributed by atoms with van der Waals surface area (Å²) in [5.74, 6) is -3.69. The molecule has 0 saturated carbocycles. The number of nitrogens with zero attached hydrogens (tertiary/aromatic N) is 1. The zero-order chi connectivity index (χ0) is 24.0. The Morgan fingerprint density at radius 1 is 1.16 bits per heavy atom. The zero-order valence-corrected chi connectivity index (χ0v) is 20.3. The van der Waals surface area contributed by atoms with Gasteiger partial charge in [0.25, 0.3) is 5.91 Å². The summed E-state index contributed by atoms with van der Waals surface area (Å²) in [4.78, 5) is 51.0. The van der Waals surface area contributed by atoms with Gasteiger partial charge in [0.2, 0.25) is 11.0 Å². The van der Waals surface area contributed by atoms with Crippen LogP contribution in [0, 0.1) is 5.13 Å². The summed E-state index contributed by atoms with van der Waals surface area (Å²) < 4.78 is 25.0. The highest BCUT2D eigenvalue weighted by Crippen LogP contribution is 2.41. The lowest BCUT2D eigenvalue weighted by Gasteiger charge is -2.25. The van der Waals surface area contributed by atoms with Crippen LogP contribution >= 0.6 is 34.5 Å². The molecule has 7 nitrogen and oxygen atoms in total. The van der Waals surface area contributed by atoms with E-state index in [0.29, 0.717) is 35.5 Å². The van der Waals surface area contributed by atoms with Gasteiger partial charge in [0.1, 0.15) is 11.6 Å². The van der Waals surface area contributed by atoms with Crippen LogP contribution in [0.4, 0.5) is 10.1 Å². The highest BCUT2D eigenvalue weighted by atomic mass is 35.5. The van der Waals surface area contributed by atoms with Gasteiger partial charge in [-0.25, -0.2) is 9.69 Å². The molecule has 0 spiro atoms. The van der Waals surface area contributed by atoms with Crippen LogP contribution in [0.1, 0.15) is 51.3 Å². The molecule has 1 aromatic heterocycles. The van der Waals surface area contributed by atoms with Crippen LogP contribution in [-0.2, 0) is 35.1 Å². The van der Waals surface area contributed by atoms with Crippen molar-refractivity contribution in [1.82, 2.24) is 0 Å². The number of rotatable bonds is 8. The number of carbonyl (C=O) groups excluding carboxylic acids is 4. The second-order valence-corrected chi connectivity index (χ2v) is 8.93. The number of ether oxygens (including phenoxy) is 2. The Kier molecular flexibility index (Phi) is 9.66. The van der Waals surface area contributed by atoms with E-state index in [1.54, 1.807) is 20.8 Å². The molecule has 1 heterocycles. The molecule has 1 aliphatic rings. The molecule has 11 heteroatoms. The molecule has 1 aromatic rings. The minimum Gasteiger partial charge on any atom is -0.466 e. The first-order chi connectivity index (χ1) is 15.1. The summed E-state index contributed by atoms with van der Waals surface area (Å²) in [6, 6.07) is 0. The molecule has 0 atom stereocenters. The van der Waals surface area contributed by atoms with Crippen molar-refractivity contribution in [3.63, 3.8) is 0 Å². The van der Waals surface area contributed by atoms with E-state index in [9.17, 15) is 23.6 Å². The number of anilines is 1. The van der Waals surface area contributed by atoms with Gasteiger partial charge in [-0.1, -0.05) is 11.6 Å². The minimum absolute atomic E-state index is 0.0639. The SMILES string of the molecule is CCOC(=O)Cc1sc(F)c(N(C(=O)CCl)C(=O)C2=C(C(=O)OC(C)C)CCCC2)c1Cl. The Bertz CT molecular complexity index is 943. The molecule has 0 saturated heterocycles. The van der Waals surface area contributed by atoms with E-state index >= 15 is 0 Å². The van der Waals surface area contributed by atoms with Crippen LogP contribution in [0.5, 0.6) is 0 Å². The molecular weight excluding hydrogens is 484 g/mol. The average molecular weight is 508 g/mol. The van der Waals surface area contributed by atoms with Gasteiger partial charge in [0.05, 0.1) is 24.2 Å². The van der Waals surface area contributed by atoms with Crippen LogP contribution < -0.4 is 4.90 Å². The van der Waals surface area contributed by atoms with Crippen LogP contribution in [-0.4, -0.2) is 42.3 Å². The lowest BCUT2D eigenvalue weighted by atomic mass is 9.90. The lowest BCUT2D eigenvalue weighted by molar-refractivity contribution is -0.143. The number of thiophene rings is 1. The Morgan fingerprint density at radius 2 is 1.78 bits per heavy atom. The Morgan fingerprint density at radius 3 is 2.34 bits per heavy atom. The summed E-state index contributed by atoms with van der Waals surface area (Å²) in [7, 11) is 0. The summed E-state index contributed by atoms with van der Waals surface area (Å²) in [5.41, 5.74) is -0.268.